The lowest BCUT2D eigenvalue weighted by atomic mass is 9.78. The van der Waals surface area contributed by atoms with Crippen LogP contribution in [0.2, 0.25) is 0 Å². The van der Waals surface area contributed by atoms with Crippen molar-refractivity contribution in [1.29, 1.82) is 0 Å². The quantitative estimate of drug-likeness (QED) is 0.449. The summed E-state index contributed by atoms with van der Waals surface area (Å²) >= 11 is 0. The van der Waals surface area contributed by atoms with E-state index in [9.17, 15) is 14.4 Å². The Bertz CT molecular complexity index is 622. The summed E-state index contributed by atoms with van der Waals surface area (Å²) in [6.07, 6.45) is 15.1. The van der Waals surface area contributed by atoms with Gasteiger partial charge in [-0.05, 0) is 44.4 Å². The molecular weight excluding hydrogens is 414 g/mol. The van der Waals surface area contributed by atoms with Crippen molar-refractivity contribution < 1.29 is 14.4 Å². The topological polar surface area (TPSA) is 87.3 Å². The highest BCUT2D eigenvalue weighted by atomic mass is 16.2. The predicted octanol–water partition coefficient (Wildman–Crippen LogP) is 4.86. The number of unbranched alkanes of at least 4 members (excludes halogenated alkanes) is 4. The van der Waals surface area contributed by atoms with Crippen LogP contribution in [0.3, 0.4) is 0 Å². The van der Waals surface area contributed by atoms with Crippen LogP contribution in [-0.2, 0) is 14.4 Å². The van der Waals surface area contributed by atoms with Crippen LogP contribution in [0, 0.1) is 17.3 Å². The first-order valence-corrected chi connectivity index (χ1v) is 13.7. The molecule has 3 amide bonds. The van der Waals surface area contributed by atoms with E-state index in [1.807, 2.05) is 0 Å². The van der Waals surface area contributed by atoms with Crippen LogP contribution in [0.25, 0.3) is 0 Å². The molecule has 0 aliphatic carbocycles. The van der Waals surface area contributed by atoms with E-state index in [1.54, 1.807) is 0 Å². The maximum absolute atomic E-state index is 13.2. The van der Waals surface area contributed by atoms with E-state index in [4.69, 9.17) is 0 Å². The van der Waals surface area contributed by atoms with Crippen molar-refractivity contribution >= 4 is 17.7 Å². The number of nitrogens with one attached hydrogen (secondary N) is 3. The Morgan fingerprint density at radius 2 is 1.55 bits per heavy atom. The second kappa shape index (κ2) is 14.6. The van der Waals surface area contributed by atoms with Gasteiger partial charge in [-0.2, -0.15) is 0 Å². The Kier molecular flexibility index (Phi) is 12.3. The molecule has 3 atom stereocenters. The van der Waals surface area contributed by atoms with Gasteiger partial charge in [0.15, 0.2) is 0 Å². The average molecular weight is 464 g/mol. The summed E-state index contributed by atoms with van der Waals surface area (Å²) in [6.45, 7) is 7.60. The monoisotopic (exact) mass is 463 g/mol. The minimum absolute atomic E-state index is 0.00818. The molecule has 0 aromatic rings. The first-order valence-electron chi connectivity index (χ1n) is 13.7. The van der Waals surface area contributed by atoms with Gasteiger partial charge in [-0.3, -0.25) is 14.4 Å². The van der Waals surface area contributed by atoms with Gasteiger partial charge in [0.1, 0.15) is 6.04 Å². The van der Waals surface area contributed by atoms with Gasteiger partial charge in [-0.1, -0.05) is 78.6 Å². The fourth-order valence-corrected chi connectivity index (χ4v) is 5.47. The lowest BCUT2D eigenvalue weighted by Gasteiger charge is -2.27. The van der Waals surface area contributed by atoms with E-state index in [2.05, 4.69) is 36.7 Å². The summed E-state index contributed by atoms with van der Waals surface area (Å²) in [5.41, 5.74) is -0.342. The fourth-order valence-electron chi connectivity index (χ4n) is 5.47. The highest BCUT2D eigenvalue weighted by Gasteiger charge is 2.41. The molecule has 6 heteroatoms. The smallest absolute Gasteiger partial charge is 0.242 e. The third-order valence-corrected chi connectivity index (χ3v) is 7.60. The van der Waals surface area contributed by atoms with E-state index >= 15 is 0 Å². The molecular formula is C27H49N3O3. The minimum Gasteiger partial charge on any atom is -0.356 e. The van der Waals surface area contributed by atoms with Gasteiger partial charge in [0.2, 0.25) is 17.7 Å². The van der Waals surface area contributed by atoms with Crippen LogP contribution in [0.5, 0.6) is 0 Å². The van der Waals surface area contributed by atoms with Crippen LogP contribution < -0.4 is 16.0 Å². The van der Waals surface area contributed by atoms with Crippen LogP contribution in [-0.4, -0.2) is 36.9 Å². The van der Waals surface area contributed by atoms with Crippen molar-refractivity contribution in [3.63, 3.8) is 0 Å². The molecule has 0 radical (unpaired) electrons. The van der Waals surface area contributed by atoms with Gasteiger partial charge in [0, 0.05) is 19.0 Å². The minimum atomic E-state index is -0.501. The number of hydrogen-bond acceptors (Lipinski definition) is 3. The molecule has 2 saturated heterocycles. The maximum atomic E-state index is 13.2. The molecule has 0 aromatic heterocycles. The van der Waals surface area contributed by atoms with Crippen LogP contribution in [0.15, 0.2) is 0 Å². The SMILES string of the molecule is CCCCCCCC1CCCCCCC2(CCNC(=O)[C@H](CC(C)C)NC1=O)CCNC2=O. The summed E-state index contributed by atoms with van der Waals surface area (Å²) in [4.78, 5) is 38.9. The van der Waals surface area contributed by atoms with Crippen LogP contribution >= 0.6 is 0 Å². The number of rotatable bonds is 8. The van der Waals surface area contributed by atoms with Gasteiger partial charge in [0.05, 0.1) is 5.41 Å². The molecule has 6 nitrogen and oxygen atoms in total. The fraction of sp³-hybridized carbons (Fsp3) is 0.889. The molecule has 3 N–H and O–H groups in total. The predicted molar refractivity (Wildman–Crippen MR) is 134 cm³/mol. The summed E-state index contributed by atoms with van der Waals surface area (Å²) in [6, 6.07) is -0.501. The Balaban J connectivity index is 2.06. The first kappa shape index (κ1) is 27.7. The van der Waals surface area contributed by atoms with E-state index in [-0.39, 0.29) is 29.1 Å². The first-order chi connectivity index (χ1) is 15.9. The molecule has 1 spiro atoms. The number of carbonyl (C=O) groups is 3. The Hall–Kier alpha value is -1.59. The van der Waals surface area contributed by atoms with Crippen molar-refractivity contribution in [2.75, 3.05) is 13.1 Å². The standard InChI is InChI=1S/C27H49N3O3/c1-4-5-6-7-10-13-22-14-11-8-9-12-15-27(17-19-29-26(27)33)16-18-28-25(32)23(20-21(2)3)30-24(22)31/h21-23H,4-20H2,1-3H3,(H,28,32)(H,29,33)(H,30,31)/t22?,23-,27?/m0/s1. The van der Waals surface area contributed by atoms with Crippen molar-refractivity contribution in [3.8, 4) is 0 Å². The van der Waals surface area contributed by atoms with Gasteiger partial charge in [0.25, 0.3) is 0 Å². The van der Waals surface area contributed by atoms with Crippen LogP contribution in [0.4, 0.5) is 0 Å². The molecule has 190 valence electrons. The summed E-state index contributed by atoms with van der Waals surface area (Å²) in [5.74, 6) is 0.389. The van der Waals surface area contributed by atoms with E-state index in [0.717, 1.165) is 64.3 Å². The largest absolute Gasteiger partial charge is 0.356 e. The third kappa shape index (κ3) is 9.29. The van der Waals surface area contributed by atoms with E-state index in [1.165, 1.54) is 25.7 Å². The van der Waals surface area contributed by atoms with Crippen molar-refractivity contribution in [2.45, 2.75) is 123 Å². The second-order valence-corrected chi connectivity index (χ2v) is 10.9. The summed E-state index contributed by atoms with van der Waals surface area (Å²) in [7, 11) is 0. The summed E-state index contributed by atoms with van der Waals surface area (Å²) < 4.78 is 0. The maximum Gasteiger partial charge on any atom is 0.242 e. The summed E-state index contributed by atoms with van der Waals surface area (Å²) in [5, 5.41) is 9.16. The molecule has 2 heterocycles. The van der Waals surface area contributed by atoms with Gasteiger partial charge in [-0.25, -0.2) is 0 Å². The van der Waals surface area contributed by atoms with Crippen molar-refractivity contribution in [1.82, 2.24) is 16.0 Å². The lowest BCUT2D eigenvalue weighted by molar-refractivity contribution is -0.132. The third-order valence-electron chi connectivity index (χ3n) is 7.60. The number of amides is 3. The molecule has 0 bridgehead atoms. The van der Waals surface area contributed by atoms with E-state index in [0.29, 0.717) is 25.3 Å². The Labute approximate surface area is 201 Å². The Morgan fingerprint density at radius 1 is 0.848 bits per heavy atom. The molecule has 33 heavy (non-hydrogen) atoms. The van der Waals surface area contributed by atoms with Gasteiger partial charge in [-0.15, -0.1) is 0 Å². The molecule has 0 aromatic carbocycles. The molecule has 2 rings (SSSR count). The molecule has 2 aliphatic rings. The average Bonchev–Trinajstić information content (AvgIpc) is 3.13. The highest BCUT2D eigenvalue weighted by Crippen LogP contribution is 2.36. The zero-order chi connectivity index (χ0) is 24.1. The zero-order valence-electron chi connectivity index (χ0n) is 21.5. The van der Waals surface area contributed by atoms with Gasteiger partial charge < -0.3 is 16.0 Å². The van der Waals surface area contributed by atoms with Crippen molar-refractivity contribution in [3.05, 3.63) is 0 Å². The van der Waals surface area contributed by atoms with Crippen LogP contribution in [0.1, 0.15) is 117 Å². The molecule has 2 unspecified atom stereocenters. The molecule has 2 aliphatic heterocycles. The van der Waals surface area contributed by atoms with Gasteiger partial charge >= 0.3 is 0 Å². The molecule has 2 fully saturated rings. The lowest BCUT2D eigenvalue weighted by Crippen LogP contribution is -2.49. The highest BCUT2D eigenvalue weighted by molar-refractivity contribution is 5.88. The van der Waals surface area contributed by atoms with Crippen molar-refractivity contribution in [2.24, 2.45) is 17.3 Å². The Morgan fingerprint density at radius 3 is 2.21 bits per heavy atom. The zero-order valence-corrected chi connectivity index (χ0v) is 21.5. The normalized spacial score (nSPS) is 28.2. The molecule has 0 saturated carbocycles. The van der Waals surface area contributed by atoms with E-state index < -0.39 is 6.04 Å². The number of carbonyl (C=O) groups excluding carboxylic acids is 3. The number of hydrogen-bond donors (Lipinski definition) is 3. The second-order valence-electron chi connectivity index (χ2n) is 10.9.